The first-order valence-electron chi connectivity index (χ1n) is 3.96. The van der Waals surface area contributed by atoms with E-state index < -0.39 is 5.24 Å². The molecule has 0 saturated carbocycles. The average Bonchev–Trinajstić information content (AvgIpc) is 2.09. The molecule has 5 heteroatoms. The van der Waals surface area contributed by atoms with Gasteiger partial charge in [-0.3, -0.25) is 4.79 Å². The normalized spacial score (nSPS) is 9.86. The van der Waals surface area contributed by atoms with E-state index in [1.807, 2.05) is 6.92 Å². The second-order valence-electron chi connectivity index (χ2n) is 2.78. The maximum absolute atomic E-state index is 10.7. The number of ether oxygens (including phenoxy) is 1. The molecule has 1 amide bonds. The van der Waals surface area contributed by atoms with Gasteiger partial charge in [-0.25, -0.2) is 0 Å². The van der Waals surface area contributed by atoms with Crippen LogP contribution in [0.15, 0.2) is 17.0 Å². The van der Waals surface area contributed by atoms with Crippen LogP contribution in [0.25, 0.3) is 0 Å². The van der Waals surface area contributed by atoms with E-state index in [9.17, 15) is 4.79 Å². The molecule has 0 saturated heterocycles. The SMILES string of the molecule is COc1cc(SC(N)=O)c(C)cc1N. The Labute approximate surface area is 86.6 Å². The molecule has 14 heavy (non-hydrogen) atoms. The van der Waals surface area contributed by atoms with Gasteiger partial charge in [0.05, 0.1) is 12.8 Å². The maximum Gasteiger partial charge on any atom is 0.281 e. The van der Waals surface area contributed by atoms with Gasteiger partial charge in [0, 0.05) is 4.90 Å². The minimum atomic E-state index is -0.445. The molecule has 0 unspecified atom stereocenters. The van der Waals surface area contributed by atoms with Gasteiger partial charge in [-0.05, 0) is 36.4 Å². The average molecular weight is 212 g/mol. The molecule has 4 nitrogen and oxygen atoms in total. The first-order valence-corrected chi connectivity index (χ1v) is 4.77. The van der Waals surface area contributed by atoms with Gasteiger partial charge in [0.15, 0.2) is 0 Å². The number of carbonyl (C=O) groups is 1. The van der Waals surface area contributed by atoms with Crippen LogP contribution in [0.2, 0.25) is 0 Å². The summed E-state index contributed by atoms with van der Waals surface area (Å²) >= 11 is 0.967. The molecular weight excluding hydrogens is 200 g/mol. The number of thioether (sulfide) groups is 1. The zero-order valence-electron chi connectivity index (χ0n) is 8.03. The van der Waals surface area contributed by atoms with Crippen LogP contribution in [0.4, 0.5) is 10.5 Å². The summed E-state index contributed by atoms with van der Waals surface area (Å²) < 4.78 is 5.03. The number of nitrogens with two attached hydrogens (primary N) is 2. The van der Waals surface area contributed by atoms with Crippen molar-refractivity contribution in [3.8, 4) is 5.75 Å². The summed E-state index contributed by atoms with van der Waals surface area (Å²) in [6.07, 6.45) is 0. The molecule has 1 aromatic carbocycles. The zero-order valence-corrected chi connectivity index (χ0v) is 8.85. The van der Waals surface area contributed by atoms with Crippen LogP contribution in [-0.2, 0) is 0 Å². The first kappa shape index (κ1) is 10.7. The second kappa shape index (κ2) is 4.23. The van der Waals surface area contributed by atoms with Gasteiger partial charge in [-0.1, -0.05) is 0 Å². The first-order chi connectivity index (χ1) is 6.54. The number of aryl methyl sites for hydroxylation is 1. The fraction of sp³-hybridized carbons (Fsp3) is 0.222. The van der Waals surface area contributed by atoms with Crippen LogP contribution < -0.4 is 16.2 Å². The van der Waals surface area contributed by atoms with E-state index in [1.54, 1.807) is 12.1 Å². The van der Waals surface area contributed by atoms with Gasteiger partial charge in [-0.2, -0.15) is 0 Å². The van der Waals surface area contributed by atoms with Crippen molar-refractivity contribution in [2.24, 2.45) is 5.73 Å². The monoisotopic (exact) mass is 212 g/mol. The number of carbonyl (C=O) groups excluding carboxylic acids is 1. The van der Waals surface area contributed by atoms with Crippen molar-refractivity contribution in [2.45, 2.75) is 11.8 Å². The fourth-order valence-electron chi connectivity index (χ4n) is 1.09. The quantitative estimate of drug-likeness (QED) is 0.578. The van der Waals surface area contributed by atoms with Crippen LogP contribution in [0.5, 0.6) is 5.75 Å². The van der Waals surface area contributed by atoms with E-state index in [0.717, 1.165) is 22.2 Å². The molecule has 0 fully saturated rings. The molecule has 76 valence electrons. The predicted molar refractivity (Wildman–Crippen MR) is 57.6 cm³/mol. The van der Waals surface area contributed by atoms with E-state index in [4.69, 9.17) is 16.2 Å². The Morgan fingerprint density at radius 3 is 2.64 bits per heavy atom. The Bertz CT molecular complexity index is 366. The van der Waals surface area contributed by atoms with Crippen LogP contribution in [0.1, 0.15) is 5.56 Å². The number of hydrogen-bond donors (Lipinski definition) is 2. The highest BCUT2D eigenvalue weighted by atomic mass is 32.2. The van der Waals surface area contributed by atoms with Crippen molar-refractivity contribution in [1.82, 2.24) is 0 Å². The van der Waals surface area contributed by atoms with Crippen LogP contribution in [-0.4, -0.2) is 12.3 Å². The van der Waals surface area contributed by atoms with Crippen LogP contribution in [0, 0.1) is 6.92 Å². The third-order valence-corrected chi connectivity index (χ3v) is 2.60. The van der Waals surface area contributed by atoms with Crippen molar-refractivity contribution in [3.63, 3.8) is 0 Å². The largest absolute Gasteiger partial charge is 0.495 e. The van der Waals surface area contributed by atoms with Crippen molar-refractivity contribution in [2.75, 3.05) is 12.8 Å². The van der Waals surface area contributed by atoms with Crippen LogP contribution >= 0.6 is 11.8 Å². The molecule has 1 rings (SSSR count). The summed E-state index contributed by atoms with van der Waals surface area (Å²) in [5.41, 5.74) is 12.2. The Kier molecular flexibility index (Phi) is 3.24. The highest BCUT2D eigenvalue weighted by Crippen LogP contribution is 2.31. The lowest BCUT2D eigenvalue weighted by Gasteiger charge is -2.08. The summed E-state index contributed by atoms with van der Waals surface area (Å²) in [6, 6.07) is 3.46. The lowest BCUT2D eigenvalue weighted by Crippen LogP contribution is -2.03. The van der Waals surface area contributed by atoms with Crippen molar-refractivity contribution < 1.29 is 9.53 Å². The number of hydrogen-bond acceptors (Lipinski definition) is 4. The number of anilines is 1. The van der Waals surface area contributed by atoms with E-state index >= 15 is 0 Å². The van der Waals surface area contributed by atoms with Gasteiger partial charge in [0.2, 0.25) is 0 Å². The van der Waals surface area contributed by atoms with Gasteiger partial charge >= 0.3 is 0 Å². The molecule has 0 heterocycles. The number of benzene rings is 1. The summed E-state index contributed by atoms with van der Waals surface area (Å²) in [5.74, 6) is 0.555. The summed E-state index contributed by atoms with van der Waals surface area (Å²) in [5, 5.41) is -0.445. The second-order valence-corrected chi connectivity index (χ2v) is 3.83. The van der Waals surface area contributed by atoms with Gasteiger partial charge < -0.3 is 16.2 Å². The highest BCUT2D eigenvalue weighted by Gasteiger charge is 2.08. The van der Waals surface area contributed by atoms with Crippen molar-refractivity contribution in [3.05, 3.63) is 17.7 Å². The predicted octanol–water partition coefficient (Wildman–Crippen LogP) is 1.76. The number of primary amides is 1. The minimum absolute atomic E-state index is 0.445. The molecule has 0 aliphatic rings. The lowest BCUT2D eigenvalue weighted by molar-refractivity contribution is 0.267. The van der Waals surface area contributed by atoms with E-state index in [-0.39, 0.29) is 0 Å². The Hall–Kier alpha value is -1.36. The number of rotatable bonds is 2. The molecule has 0 aliphatic carbocycles. The summed E-state index contributed by atoms with van der Waals surface area (Å²) in [7, 11) is 1.53. The molecule has 0 spiro atoms. The van der Waals surface area contributed by atoms with Gasteiger partial charge in [0.1, 0.15) is 5.75 Å². The number of amides is 1. The smallest absolute Gasteiger partial charge is 0.281 e. The molecule has 0 radical (unpaired) electrons. The van der Waals surface area contributed by atoms with Crippen LogP contribution in [0.3, 0.4) is 0 Å². The molecule has 4 N–H and O–H groups in total. The third-order valence-electron chi connectivity index (χ3n) is 1.74. The fourth-order valence-corrected chi connectivity index (χ4v) is 1.69. The minimum Gasteiger partial charge on any atom is -0.495 e. The van der Waals surface area contributed by atoms with Gasteiger partial charge in [-0.15, -0.1) is 0 Å². The third kappa shape index (κ3) is 2.32. The Balaban J connectivity index is 3.10. The topological polar surface area (TPSA) is 78.3 Å². The van der Waals surface area contributed by atoms with Crippen molar-refractivity contribution in [1.29, 1.82) is 0 Å². The van der Waals surface area contributed by atoms with E-state index in [0.29, 0.717) is 11.4 Å². The molecule has 1 aromatic rings. The molecule has 0 bridgehead atoms. The summed E-state index contributed by atoms with van der Waals surface area (Å²) in [4.78, 5) is 11.5. The highest BCUT2D eigenvalue weighted by molar-refractivity contribution is 8.13. The molecule has 0 aromatic heterocycles. The van der Waals surface area contributed by atoms with Gasteiger partial charge in [0.25, 0.3) is 5.24 Å². The summed E-state index contributed by atoms with van der Waals surface area (Å²) in [6.45, 7) is 1.86. The maximum atomic E-state index is 10.7. The number of nitrogen functional groups attached to an aromatic ring is 1. The lowest BCUT2D eigenvalue weighted by atomic mass is 10.2. The molecule has 0 aliphatic heterocycles. The molecule has 0 atom stereocenters. The van der Waals surface area contributed by atoms with E-state index in [2.05, 4.69) is 0 Å². The number of methoxy groups -OCH3 is 1. The Morgan fingerprint density at radius 2 is 2.14 bits per heavy atom. The zero-order chi connectivity index (χ0) is 10.7. The Morgan fingerprint density at radius 1 is 1.50 bits per heavy atom. The molecular formula is C9H12N2O2S. The van der Waals surface area contributed by atoms with E-state index in [1.165, 1.54) is 7.11 Å². The standard InChI is InChI=1S/C9H12N2O2S/c1-5-3-6(10)7(13-2)4-8(5)14-9(11)12/h3-4H,10H2,1-2H3,(H2,11,12). The van der Waals surface area contributed by atoms with Crippen molar-refractivity contribution >= 4 is 22.7 Å².